The van der Waals surface area contributed by atoms with Gasteiger partial charge < -0.3 is 10.5 Å². The van der Waals surface area contributed by atoms with E-state index in [1.807, 2.05) is 24.4 Å². The van der Waals surface area contributed by atoms with Crippen LogP contribution in [0.15, 0.2) is 28.9 Å². The maximum atomic E-state index is 6.09. The summed E-state index contributed by atoms with van der Waals surface area (Å²) in [5.41, 5.74) is 7.35. The number of benzene rings is 1. The fourth-order valence-corrected chi connectivity index (χ4v) is 2.35. The first-order valence-corrected chi connectivity index (χ1v) is 6.61. The lowest BCUT2D eigenvalue weighted by Crippen LogP contribution is -2.04. The van der Waals surface area contributed by atoms with E-state index in [0.29, 0.717) is 17.3 Å². The molecule has 2 N–H and O–H groups in total. The molecule has 0 radical (unpaired) electrons. The number of hydrogen-bond donors (Lipinski definition) is 1. The van der Waals surface area contributed by atoms with E-state index in [9.17, 15) is 0 Å². The minimum atomic E-state index is 0.557. The Bertz CT molecular complexity index is 556. The van der Waals surface area contributed by atoms with Gasteiger partial charge in [-0.15, -0.1) is 0 Å². The summed E-state index contributed by atoms with van der Waals surface area (Å²) in [6, 6.07) is 5.53. The first kappa shape index (κ1) is 13.4. The van der Waals surface area contributed by atoms with E-state index in [-0.39, 0.29) is 0 Å². The van der Waals surface area contributed by atoms with Crippen LogP contribution in [-0.2, 0) is 6.42 Å². The average molecular weight is 331 g/mol. The normalized spacial score (nSPS) is 10.7. The Kier molecular flexibility index (Phi) is 4.27. The SMILES string of the molecule is COc1ccc(-n2cc(Br)c(CCN)n2)cc1Cl. The van der Waals surface area contributed by atoms with Crippen molar-refractivity contribution in [2.24, 2.45) is 5.73 Å². The molecule has 2 aromatic rings. The Morgan fingerprint density at radius 1 is 1.50 bits per heavy atom. The molecular weight excluding hydrogens is 318 g/mol. The zero-order valence-corrected chi connectivity index (χ0v) is 12.2. The van der Waals surface area contributed by atoms with E-state index in [4.69, 9.17) is 22.1 Å². The van der Waals surface area contributed by atoms with Crippen LogP contribution >= 0.6 is 27.5 Å². The first-order chi connectivity index (χ1) is 8.65. The van der Waals surface area contributed by atoms with Crippen LogP contribution in [0.4, 0.5) is 0 Å². The van der Waals surface area contributed by atoms with Gasteiger partial charge in [-0.1, -0.05) is 11.6 Å². The van der Waals surface area contributed by atoms with Crippen molar-refractivity contribution in [2.75, 3.05) is 13.7 Å². The maximum Gasteiger partial charge on any atom is 0.137 e. The molecule has 0 saturated carbocycles. The van der Waals surface area contributed by atoms with Crippen molar-refractivity contribution in [3.8, 4) is 11.4 Å². The zero-order valence-electron chi connectivity index (χ0n) is 9.86. The monoisotopic (exact) mass is 329 g/mol. The number of ether oxygens (including phenoxy) is 1. The molecule has 0 amide bonds. The third-order valence-electron chi connectivity index (χ3n) is 2.52. The second kappa shape index (κ2) is 5.73. The Balaban J connectivity index is 2.36. The molecule has 6 heteroatoms. The number of halogens is 2. The third-order valence-corrected chi connectivity index (χ3v) is 3.48. The highest BCUT2D eigenvalue weighted by atomic mass is 79.9. The van der Waals surface area contributed by atoms with Gasteiger partial charge >= 0.3 is 0 Å². The quantitative estimate of drug-likeness (QED) is 0.938. The first-order valence-electron chi connectivity index (χ1n) is 5.43. The number of methoxy groups -OCH3 is 1. The summed E-state index contributed by atoms with van der Waals surface area (Å²) in [6.07, 6.45) is 2.63. The molecule has 4 nitrogen and oxygen atoms in total. The van der Waals surface area contributed by atoms with Crippen LogP contribution < -0.4 is 10.5 Å². The van der Waals surface area contributed by atoms with Crippen molar-refractivity contribution in [1.82, 2.24) is 9.78 Å². The number of nitrogens with zero attached hydrogens (tertiary/aromatic N) is 2. The third kappa shape index (κ3) is 2.68. The smallest absolute Gasteiger partial charge is 0.137 e. The lowest BCUT2D eigenvalue weighted by molar-refractivity contribution is 0.415. The molecule has 0 aliphatic carbocycles. The van der Waals surface area contributed by atoms with Crippen LogP contribution in [0.5, 0.6) is 5.75 Å². The van der Waals surface area contributed by atoms with Crippen molar-refractivity contribution in [3.05, 3.63) is 39.6 Å². The predicted octanol–water partition coefficient (Wildman–Crippen LogP) is 2.80. The van der Waals surface area contributed by atoms with Crippen LogP contribution in [0.25, 0.3) is 5.69 Å². The summed E-state index contributed by atoms with van der Waals surface area (Å²) in [6.45, 7) is 0.568. The van der Waals surface area contributed by atoms with Gasteiger partial charge in [-0.05, 0) is 40.7 Å². The van der Waals surface area contributed by atoms with E-state index in [2.05, 4.69) is 21.0 Å². The van der Waals surface area contributed by atoms with E-state index >= 15 is 0 Å². The molecule has 96 valence electrons. The highest BCUT2D eigenvalue weighted by molar-refractivity contribution is 9.10. The zero-order chi connectivity index (χ0) is 13.1. The van der Waals surface area contributed by atoms with Crippen molar-refractivity contribution >= 4 is 27.5 Å². The maximum absolute atomic E-state index is 6.09. The molecule has 2 rings (SSSR count). The molecule has 0 aliphatic heterocycles. The van der Waals surface area contributed by atoms with Gasteiger partial charge in [0.25, 0.3) is 0 Å². The lowest BCUT2D eigenvalue weighted by Gasteiger charge is -2.05. The fraction of sp³-hybridized carbons (Fsp3) is 0.250. The highest BCUT2D eigenvalue weighted by Crippen LogP contribution is 2.27. The topological polar surface area (TPSA) is 53.1 Å². The molecule has 1 aromatic carbocycles. The van der Waals surface area contributed by atoms with Gasteiger partial charge in [0, 0.05) is 12.6 Å². The molecule has 0 spiro atoms. The minimum absolute atomic E-state index is 0.557. The summed E-state index contributed by atoms with van der Waals surface area (Å²) in [7, 11) is 1.59. The Labute approximate surface area is 119 Å². The molecule has 18 heavy (non-hydrogen) atoms. The largest absolute Gasteiger partial charge is 0.495 e. The second-order valence-electron chi connectivity index (χ2n) is 3.73. The summed E-state index contributed by atoms with van der Waals surface area (Å²) >= 11 is 9.55. The molecule has 0 fully saturated rings. The molecule has 0 saturated heterocycles. The van der Waals surface area contributed by atoms with Crippen LogP contribution in [0.1, 0.15) is 5.69 Å². The highest BCUT2D eigenvalue weighted by Gasteiger charge is 2.09. The molecule has 0 aliphatic rings. The Hall–Kier alpha value is -1.04. The van der Waals surface area contributed by atoms with Gasteiger partial charge in [-0.25, -0.2) is 4.68 Å². The minimum Gasteiger partial charge on any atom is -0.495 e. The summed E-state index contributed by atoms with van der Waals surface area (Å²) in [5, 5.41) is 5.01. The fourth-order valence-electron chi connectivity index (χ4n) is 1.62. The second-order valence-corrected chi connectivity index (χ2v) is 4.99. The molecule has 1 heterocycles. The van der Waals surface area contributed by atoms with Crippen molar-refractivity contribution in [2.45, 2.75) is 6.42 Å². The number of aromatic nitrogens is 2. The molecular formula is C12H13BrClN3O. The Morgan fingerprint density at radius 3 is 2.89 bits per heavy atom. The number of rotatable bonds is 4. The summed E-state index contributed by atoms with van der Waals surface area (Å²) in [4.78, 5) is 0. The average Bonchev–Trinajstić information content (AvgIpc) is 2.71. The van der Waals surface area contributed by atoms with Crippen LogP contribution in [0, 0.1) is 0 Å². The van der Waals surface area contributed by atoms with E-state index in [0.717, 1.165) is 22.3 Å². The van der Waals surface area contributed by atoms with Gasteiger partial charge in [0.05, 0.1) is 28.0 Å². The standard InChI is InChI=1S/C12H13BrClN3O/c1-18-12-3-2-8(6-10(12)14)17-7-9(13)11(16-17)4-5-15/h2-3,6-7H,4-5,15H2,1H3. The molecule has 0 atom stereocenters. The summed E-state index contributed by atoms with van der Waals surface area (Å²) in [5.74, 6) is 0.647. The van der Waals surface area contributed by atoms with Crippen molar-refractivity contribution in [3.63, 3.8) is 0 Å². The van der Waals surface area contributed by atoms with Crippen LogP contribution in [0.3, 0.4) is 0 Å². The Morgan fingerprint density at radius 2 is 2.28 bits per heavy atom. The van der Waals surface area contributed by atoms with E-state index < -0.39 is 0 Å². The van der Waals surface area contributed by atoms with Crippen molar-refractivity contribution < 1.29 is 4.74 Å². The van der Waals surface area contributed by atoms with Crippen LogP contribution in [0.2, 0.25) is 5.02 Å². The van der Waals surface area contributed by atoms with Gasteiger partial charge in [0.2, 0.25) is 0 Å². The lowest BCUT2D eigenvalue weighted by atomic mass is 10.3. The van der Waals surface area contributed by atoms with E-state index in [1.54, 1.807) is 11.8 Å². The number of nitrogens with two attached hydrogens (primary N) is 1. The van der Waals surface area contributed by atoms with Gasteiger partial charge in [-0.2, -0.15) is 5.10 Å². The summed E-state index contributed by atoms with van der Waals surface area (Å²) < 4.78 is 7.82. The van der Waals surface area contributed by atoms with Crippen molar-refractivity contribution in [1.29, 1.82) is 0 Å². The van der Waals surface area contributed by atoms with Gasteiger partial charge in [0.1, 0.15) is 5.75 Å². The molecule has 0 bridgehead atoms. The van der Waals surface area contributed by atoms with Gasteiger partial charge in [0.15, 0.2) is 0 Å². The number of hydrogen-bond acceptors (Lipinski definition) is 3. The predicted molar refractivity (Wildman–Crippen MR) is 75.6 cm³/mol. The molecule has 1 aromatic heterocycles. The van der Waals surface area contributed by atoms with Crippen LogP contribution in [-0.4, -0.2) is 23.4 Å². The van der Waals surface area contributed by atoms with E-state index in [1.165, 1.54) is 0 Å². The molecule has 0 unspecified atom stereocenters. The van der Waals surface area contributed by atoms with Gasteiger partial charge in [-0.3, -0.25) is 0 Å².